The topological polar surface area (TPSA) is 29.1 Å². The summed E-state index contributed by atoms with van der Waals surface area (Å²) in [5.41, 5.74) is 1.08. The lowest BCUT2D eigenvalue weighted by Gasteiger charge is -2.51. The van der Waals surface area contributed by atoms with Gasteiger partial charge in [0.05, 0.1) is 0 Å². The summed E-state index contributed by atoms with van der Waals surface area (Å²) in [6.07, 6.45) is 1.04. The monoisotopic (exact) mass is 179 g/mol. The zero-order valence-electron chi connectivity index (χ0n) is 8.55. The molecule has 2 aliphatic heterocycles. The second kappa shape index (κ2) is 2.37. The van der Waals surface area contributed by atoms with Crippen LogP contribution >= 0.6 is 0 Å². The van der Waals surface area contributed by atoms with Gasteiger partial charge in [0.15, 0.2) is 0 Å². The second-order valence-corrected chi connectivity index (χ2v) is 5.02. The van der Waals surface area contributed by atoms with Gasteiger partial charge in [0.1, 0.15) is 0 Å². The van der Waals surface area contributed by atoms with Crippen LogP contribution in [0.5, 0.6) is 0 Å². The normalized spacial score (nSPS) is 41.9. The highest BCUT2D eigenvalue weighted by Crippen LogP contribution is 2.57. The predicted octanol–water partition coefficient (Wildman–Crippen LogP) is 1.93. The molecule has 3 atom stereocenters. The van der Waals surface area contributed by atoms with E-state index >= 15 is 0 Å². The van der Waals surface area contributed by atoms with Gasteiger partial charge < -0.3 is 5.32 Å². The third kappa shape index (κ3) is 0.976. The molecule has 2 bridgehead atoms. The maximum absolute atomic E-state index is 11.7. The van der Waals surface area contributed by atoms with Crippen molar-refractivity contribution in [2.24, 2.45) is 23.2 Å². The van der Waals surface area contributed by atoms with Crippen LogP contribution in [-0.2, 0) is 4.79 Å². The molecule has 0 spiro atoms. The molecule has 0 radical (unpaired) electrons. The molecule has 0 aromatic heterocycles. The molecule has 13 heavy (non-hydrogen) atoms. The second-order valence-electron chi connectivity index (χ2n) is 5.02. The lowest BCUT2D eigenvalue weighted by Crippen LogP contribution is -2.49. The highest BCUT2D eigenvalue weighted by atomic mass is 16.2. The van der Waals surface area contributed by atoms with Gasteiger partial charge in [-0.2, -0.15) is 0 Å². The molecule has 1 N–H and O–H groups in total. The van der Waals surface area contributed by atoms with Gasteiger partial charge >= 0.3 is 0 Å². The molecule has 3 aliphatic rings. The third-order valence-corrected chi connectivity index (χ3v) is 4.10. The first-order valence-corrected chi connectivity index (χ1v) is 4.94. The van der Waals surface area contributed by atoms with E-state index in [0.717, 1.165) is 12.1 Å². The van der Waals surface area contributed by atoms with E-state index in [9.17, 15) is 4.79 Å². The summed E-state index contributed by atoms with van der Waals surface area (Å²) in [4.78, 5) is 11.7. The number of nitrogens with one attached hydrogen (secondary N) is 1. The lowest BCUT2D eigenvalue weighted by atomic mass is 9.52. The van der Waals surface area contributed by atoms with Crippen molar-refractivity contribution in [1.82, 2.24) is 5.32 Å². The molecule has 3 fully saturated rings. The van der Waals surface area contributed by atoms with Gasteiger partial charge in [-0.3, -0.25) is 4.79 Å². The maximum Gasteiger partial charge on any atom is 0.227 e. The Morgan fingerprint density at radius 1 is 1.54 bits per heavy atom. The first-order valence-electron chi connectivity index (χ1n) is 4.94. The van der Waals surface area contributed by atoms with Crippen LogP contribution < -0.4 is 5.32 Å². The van der Waals surface area contributed by atoms with E-state index < -0.39 is 0 Å². The van der Waals surface area contributed by atoms with Crippen molar-refractivity contribution < 1.29 is 4.79 Å². The van der Waals surface area contributed by atoms with Crippen molar-refractivity contribution in [1.29, 1.82) is 0 Å². The summed E-state index contributed by atoms with van der Waals surface area (Å²) in [6.45, 7) is 10.5. The molecule has 1 amide bonds. The van der Waals surface area contributed by atoms with E-state index in [2.05, 4.69) is 32.7 Å². The molecule has 2 nitrogen and oxygen atoms in total. The highest BCUT2D eigenvalue weighted by molar-refractivity contribution is 5.83. The van der Waals surface area contributed by atoms with Crippen LogP contribution in [0.2, 0.25) is 0 Å². The Bertz CT molecular complexity index is 280. The zero-order chi connectivity index (χ0) is 9.80. The Balaban J connectivity index is 2.35. The fourth-order valence-electron chi connectivity index (χ4n) is 2.85. The number of carbonyl (C=O) groups is 1. The summed E-state index contributed by atoms with van der Waals surface area (Å²) >= 11 is 0. The van der Waals surface area contributed by atoms with Gasteiger partial charge in [-0.25, -0.2) is 0 Å². The molecule has 3 rings (SSSR count). The summed E-state index contributed by atoms with van der Waals surface area (Å²) < 4.78 is 0. The van der Waals surface area contributed by atoms with Gasteiger partial charge in [0.25, 0.3) is 0 Å². The molecule has 2 heteroatoms. The first-order chi connectivity index (χ1) is 5.94. The smallest absolute Gasteiger partial charge is 0.227 e. The number of allylic oxidation sites excluding steroid dienone is 1. The first kappa shape index (κ1) is 8.79. The molecule has 72 valence electrons. The number of rotatable bonds is 0. The average molecular weight is 179 g/mol. The fourth-order valence-corrected chi connectivity index (χ4v) is 2.85. The minimum Gasteiger partial charge on any atom is -0.330 e. The fraction of sp³-hybridized carbons (Fsp3) is 0.727. The summed E-state index contributed by atoms with van der Waals surface area (Å²) in [6, 6.07) is 0. The van der Waals surface area contributed by atoms with E-state index in [1.807, 2.05) is 0 Å². The van der Waals surface area contributed by atoms with Crippen molar-refractivity contribution in [3.8, 4) is 0 Å². The highest BCUT2D eigenvalue weighted by Gasteiger charge is 2.55. The lowest BCUT2D eigenvalue weighted by molar-refractivity contribution is -0.138. The number of hydrogen-bond donors (Lipinski definition) is 1. The van der Waals surface area contributed by atoms with E-state index in [1.165, 1.54) is 0 Å². The molecule has 1 saturated carbocycles. The standard InChI is InChI=1S/C11H17NO/c1-6-7(2)12-10(13)9-5-8(6)11(9,3)4/h6,8-9H,2,5H2,1,3-4H3,(H,12,13). The summed E-state index contributed by atoms with van der Waals surface area (Å²) in [5, 5.41) is 2.91. The van der Waals surface area contributed by atoms with Gasteiger partial charge in [0.2, 0.25) is 5.91 Å². The van der Waals surface area contributed by atoms with E-state index in [4.69, 9.17) is 0 Å². The summed E-state index contributed by atoms with van der Waals surface area (Å²) in [7, 11) is 0. The van der Waals surface area contributed by atoms with Crippen LogP contribution in [0.1, 0.15) is 27.2 Å². The number of carbonyl (C=O) groups excluding carboxylic acids is 1. The van der Waals surface area contributed by atoms with Crippen molar-refractivity contribution in [2.75, 3.05) is 0 Å². The number of hydrogen-bond acceptors (Lipinski definition) is 1. The number of amides is 1. The Labute approximate surface area is 79.4 Å². The Hall–Kier alpha value is -0.790. The predicted molar refractivity (Wildman–Crippen MR) is 51.8 cm³/mol. The Morgan fingerprint density at radius 2 is 2.15 bits per heavy atom. The SMILES string of the molecule is C=C1NC(=O)C2CC(C1C)C2(C)C. The van der Waals surface area contributed by atoms with Crippen molar-refractivity contribution >= 4 is 5.91 Å². The Kier molecular flexibility index (Phi) is 1.60. The average Bonchev–Trinajstić information content (AvgIpc) is 2.14. The molecule has 0 aromatic carbocycles. The molecule has 3 unspecified atom stereocenters. The quantitative estimate of drug-likeness (QED) is 0.605. The van der Waals surface area contributed by atoms with Crippen LogP contribution in [0.25, 0.3) is 0 Å². The molecule has 1 aliphatic carbocycles. The van der Waals surface area contributed by atoms with Gasteiger partial charge in [-0.05, 0) is 23.7 Å². The zero-order valence-corrected chi connectivity index (χ0v) is 8.55. The van der Waals surface area contributed by atoms with Crippen LogP contribution in [0, 0.1) is 23.2 Å². The van der Waals surface area contributed by atoms with Crippen LogP contribution in [0.4, 0.5) is 0 Å². The number of fused-ring (bicyclic) bond motifs is 3. The van der Waals surface area contributed by atoms with E-state index in [1.54, 1.807) is 0 Å². The molecule has 2 heterocycles. The molecule has 2 saturated heterocycles. The van der Waals surface area contributed by atoms with Crippen LogP contribution in [0.15, 0.2) is 12.3 Å². The van der Waals surface area contributed by atoms with Gasteiger partial charge in [0, 0.05) is 11.6 Å². The van der Waals surface area contributed by atoms with Crippen molar-refractivity contribution in [3.05, 3.63) is 12.3 Å². The third-order valence-electron chi connectivity index (χ3n) is 4.10. The van der Waals surface area contributed by atoms with Crippen LogP contribution in [0.3, 0.4) is 0 Å². The molecular formula is C11H17NO. The molecule has 0 aromatic rings. The maximum atomic E-state index is 11.7. The van der Waals surface area contributed by atoms with E-state index in [-0.39, 0.29) is 17.2 Å². The summed E-state index contributed by atoms with van der Waals surface area (Å²) in [5.74, 6) is 1.44. The van der Waals surface area contributed by atoms with Gasteiger partial charge in [-0.15, -0.1) is 0 Å². The van der Waals surface area contributed by atoms with Gasteiger partial charge in [-0.1, -0.05) is 27.4 Å². The van der Waals surface area contributed by atoms with Crippen LogP contribution in [-0.4, -0.2) is 5.91 Å². The minimum atomic E-state index is 0.170. The van der Waals surface area contributed by atoms with Crippen molar-refractivity contribution in [3.63, 3.8) is 0 Å². The largest absolute Gasteiger partial charge is 0.330 e. The minimum absolute atomic E-state index is 0.170. The molecular weight excluding hydrogens is 162 g/mol. The Morgan fingerprint density at radius 3 is 2.69 bits per heavy atom. The van der Waals surface area contributed by atoms with E-state index in [0.29, 0.717) is 11.8 Å². The van der Waals surface area contributed by atoms with Crippen molar-refractivity contribution in [2.45, 2.75) is 27.2 Å².